The molecule has 0 fully saturated rings. The lowest BCUT2D eigenvalue weighted by molar-refractivity contribution is -0.165. The predicted molar refractivity (Wildman–Crippen MR) is 103 cm³/mol. The molecule has 28 heavy (non-hydrogen) atoms. The Morgan fingerprint density at radius 3 is 2.86 bits per heavy atom. The van der Waals surface area contributed by atoms with E-state index in [4.69, 9.17) is 20.8 Å². The minimum Gasteiger partial charge on any atom is -0.463 e. The van der Waals surface area contributed by atoms with Crippen LogP contribution in [-0.2, 0) is 10.5 Å². The van der Waals surface area contributed by atoms with Crippen molar-refractivity contribution < 1.29 is 13.9 Å². The number of nitrogens with one attached hydrogen (secondary N) is 2. The maximum atomic E-state index is 13.3. The Hall–Kier alpha value is -3.22. The SMILES string of the molecule is O=C1Nc2ccc(Cl)cc2C12Oc1ccccc1C1C=C(c3ccco3)NN12. The largest absolute Gasteiger partial charge is 0.463 e. The number of nitrogens with zero attached hydrogens (tertiary/aromatic N) is 1. The zero-order chi connectivity index (χ0) is 18.9. The molecule has 2 unspecified atom stereocenters. The third-order valence-electron chi connectivity index (χ3n) is 5.37. The number of para-hydroxylation sites is 1. The normalized spacial score (nSPS) is 24.7. The maximum absolute atomic E-state index is 13.3. The lowest BCUT2D eigenvalue weighted by atomic mass is 9.95. The smallest absolute Gasteiger partial charge is 0.291 e. The first-order valence-electron chi connectivity index (χ1n) is 8.88. The molecule has 1 amide bonds. The number of hydrogen-bond acceptors (Lipinski definition) is 5. The van der Waals surface area contributed by atoms with E-state index in [-0.39, 0.29) is 11.9 Å². The van der Waals surface area contributed by atoms with Gasteiger partial charge in [-0.2, -0.15) is 5.01 Å². The lowest BCUT2D eigenvalue weighted by Crippen LogP contribution is -2.60. The minimum atomic E-state index is -1.38. The van der Waals surface area contributed by atoms with Crippen molar-refractivity contribution in [3.63, 3.8) is 0 Å². The van der Waals surface area contributed by atoms with E-state index in [9.17, 15) is 4.79 Å². The van der Waals surface area contributed by atoms with E-state index in [0.717, 1.165) is 11.3 Å². The Labute approximate surface area is 165 Å². The number of furan rings is 1. The topological polar surface area (TPSA) is 66.7 Å². The highest BCUT2D eigenvalue weighted by atomic mass is 35.5. The molecular formula is C21H14ClN3O3. The van der Waals surface area contributed by atoms with Crippen molar-refractivity contribution in [1.82, 2.24) is 10.4 Å². The summed E-state index contributed by atoms with van der Waals surface area (Å²) in [5.41, 5.74) is 5.04. The van der Waals surface area contributed by atoms with Gasteiger partial charge in [0.15, 0.2) is 5.76 Å². The number of hydrogen-bond donors (Lipinski definition) is 2. The molecule has 0 aliphatic carbocycles. The van der Waals surface area contributed by atoms with Crippen LogP contribution in [0.4, 0.5) is 5.69 Å². The van der Waals surface area contributed by atoms with Crippen molar-refractivity contribution >= 4 is 28.9 Å². The first-order valence-corrected chi connectivity index (χ1v) is 9.26. The second kappa shape index (κ2) is 5.41. The van der Waals surface area contributed by atoms with E-state index in [1.807, 2.05) is 47.5 Å². The van der Waals surface area contributed by atoms with Gasteiger partial charge in [-0.15, -0.1) is 0 Å². The number of benzene rings is 2. The van der Waals surface area contributed by atoms with E-state index >= 15 is 0 Å². The molecule has 3 aliphatic rings. The van der Waals surface area contributed by atoms with Crippen molar-refractivity contribution in [2.24, 2.45) is 0 Å². The molecule has 0 radical (unpaired) electrons. The second-order valence-electron chi connectivity index (χ2n) is 6.91. The molecule has 138 valence electrons. The molecule has 2 aromatic carbocycles. The highest BCUT2D eigenvalue weighted by Gasteiger charge is 2.60. The molecule has 3 aliphatic heterocycles. The Morgan fingerprint density at radius 2 is 2.00 bits per heavy atom. The molecule has 6 rings (SSSR count). The van der Waals surface area contributed by atoms with Crippen LogP contribution in [0.2, 0.25) is 5.02 Å². The number of ether oxygens (including phenoxy) is 1. The fraction of sp³-hybridized carbons (Fsp3) is 0.0952. The first kappa shape index (κ1) is 15.8. The molecule has 0 saturated heterocycles. The van der Waals surface area contributed by atoms with Crippen molar-refractivity contribution in [3.8, 4) is 5.75 Å². The summed E-state index contributed by atoms with van der Waals surface area (Å²) < 4.78 is 11.9. The monoisotopic (exact) mass is 391 g/mol. The zero-order valence-electron chi connectivity index (χ0n) is 14.5. The number of hydrazine groups is 1. The summed E-state index contributed by atoms with van der Waals surface area (Å²) in [5, 5.41) is 5.29. The van der Waals surface area contributed by atoms with Crippen molar-refractivity contribution in [2.75, 3.05) is 5.32 Å². The van der Waals surface area contributed by atoms with Gasteiger partial charge in [-0.05, 0) is 42.5 Å². The molecule has 1 spiro atoms. The Kier molecular flexibility index (Phi) is 3.05. The molecule has 7 heteroatoms. The third-order valence-corrected chi connectivity index (χ3v) is 5.60. The average Bonchev–Trinajstić information content (AvgIpc) is 3.42. The van der Waals surface area contributed by atoms with E-state index in [2.05, 4.69) is 10.7 Å². The highest BCUT2D eigenvalue weighted by Crippen LogP contribution is 2.53. The predicted octanol–water partition coefficient (Wildman–Crippen LogP) is 4.03. The van der Waals surface area contributed by atoms with Gasteiger partial charge >= 0.3 is 0 Å². The summed E-state index contributed by atoms with van der Waals surface area (Å²) in [6.45, 7) is 0. The summed E-state index contributed by atoms with van der Waals surface area (Å²) in [4.78, 5) is 13.3. The molecular weight excluding hydrogens is 378 g/mol. The van der Waals surface area contributed by atoms with Crippen LogP contribution in [0, 0.1) is 0 Å². The van der Waals surface area contributed by atoms with Gasteiger partial charge in [-0.3, -0.25) is 4.79 Å². The van der Waals surface area contributed by atoms with Gasteiger partial charge < -0.3 is 19.9 Å². The molecule has 3 aromatic rings. The number of halogens is 1. The van der Waals surface area contributed by atoms with Gasteiger partial charge in [0.2, 0.25) is 0 Å². The fourth-order valence-corrected chi connectivity index (χ4v) is 4.32. The van der Waals surface area contributed by atoms with Crippen LogP contribution in [0.3, 0.4) is 0 Å². The summed E-state index contributed by atoms with van der Waals surface area (Å²) in [6, 6.07) is 16.5. The van der Waals surface area contributed by atoms with Crippen LogP contribution in [0.25, 0.3) is 5.70 Å². The van der Waals surface area contributed by atoms with E-state index in [1.54, 1.807) is 24.5 Å². The van der Waals surface area contributed by atoms with Crippen LogP contribution in [0.15, 0.2) is 71.4 Å². The number of amides is 1. The van der Waals surface area contributed by atoms with Crippen LogP contribution >= 0.6 is 11.6 Å². The fourth-order valence-electron chi connectivity index (χ4n) is 4.14. The Balaban J connectivity index is 1.58. The summed E-state index contributed by atoms with van der Waals surface area (Å²) in [6.07, 6.45) is 3.66. The van der Waals surface area contributed by atoms with Gasteiger partial charge in [0.25, 0.3) is 11.6 Å². The quantitative estimate of drug-likeness (QED) is 0.655. The standard InChI is InChI=1S/C21H14ClN3O3/c22-12-7-8-15-14(10-12)21(20(26)23-15)25-17(13-4-1-2-5-18(13)28-21)11-16(24-25)19-6-3-9-27-19/h1-11,17,24H,(H,23,26). The second-order valence-corrected chi connectivity index (χ2v) is 7.35. The van der Waals surface area contributed by atoms with E-state index in [1.165, 1.54) is 0 Å². The Bertz CT molecular complexity index is 1160. The molecule has 1 aromatic heterocycles. The van der Waals surface area contributed by atoms with E-state index < -0.39 is 5.72 Å². The zero-order valence-corrected chi connectivity index (χ0v) is 15.2. The minimum absolute atomic E-state index is 0.222. The van der Waals surface area contributed by atoms with Gasteiger partial charge in [0.1, 0.15) is 5.75 Å². The molecule has 2 N–H and O–H groups in total. The van der Waals surface area contributed by atoms with Crippen LogP contribution in [0.1, 0.15) is 22.9 Å². The van der Waals surface area contributed by atoms with Crippen LogP contribution < -0.4 is 15.5 Å². The van der Waals surface area contributed by atoms with E-state index in [0.29, 0.717) is 27.8 Å². The van der Waals surface area contributed by atoms with Gasteiger partial charge in [-0.25, -0.2) is 0 Å². The number of fused-ring (bicyclic) bond motifs is 6. The first-order chi connectivity index (χ1) is 13.7. The van der Waals surface area contributed by atoms with Crippen molar-refractivity contribution in [2.45, 2.75) is 11.8 Å². The maximum Gasteiger partial charge on any atom is 0.291 e. The van der Waals surface area contributed by atoms with Crippen LogP contribution in [0.5, 0.6) is 5.75 Å². The molecule has 4 heterocycles. The third kappa shape index (κ3) is 1.93. The van der Waals surface area contributed by atoms with Gasteiger partial charge in [0.05, 0.1) is 23.7 Å². The number of rotatable bonds is 1. The van der Waals surface area contributed by atoms with Crippen LogP contribution in [-0.4, -0.2) is 10.9 Å². The lowest BCUT2D eigenvalue weighted by Gasteiger charge is -2.44. The highest BCUT2D eigenvalue weighted by molar-refractivity contribution is 6.31. The molecule has 0 saturated carbocycles. The van der Waals surface area contributed by atoms with Crippen molar-refractivity contribution in [1.29, 1.82) is 0 Å². The summed E-state index contributed by atoms with van der Waals surface area (Å²) in [5.74, 6) is 1.07. The van der Waals surface area contributed by atoms with Gasteiger partial charge in [-0.1, -0.05) is 29.8 Å². The van der Waals surface area contributed by atoms with Crippen molar-refractivity contribution in [3.05, 3.63) is 88.8 Å². The average molecular weight is 392 g/mol. The summed E-state index contributed by atoms with van der Waals surface area (Å²) in [7, 11) is 0. The number of anilines is 1. The Morgan fingerprint density at radius 1 is 1.11 bits per heavy atom. The molecule has 0 bridgehead atoms. The number of carbonyl (C=O) groups excluding carboxylic acids is 1. The number of carbonyl (C=O) groups is 1. The molecule has 6 nitrogen and oxygen atoms in total. The summed E-state index contributed by atoms with van der Waals surface area (Å²) >= 11 is 6.26. The van der Waals surface area contributed by atoms with Gasteiger partial charge in [0, 0.05) is 16.1 Å². The molecule has 2 atom stereocenters.